The molecule has 1 atom stereocenters. The summed E-state index contributed by atoms with van der Waals surface area (Å²) < 4.78 is 46.0. The maximum Gasteiger partial charge on any atom is 0.243 e. The van der Waals surface area contributed by atoms with Crippen LogP contribution in [0, 0.1) is 0 Å². The summed E-state index contributed by atoms with van der Waals surface area (Å²) in [5, 5.41) is 0. The molecule has 0 aromatic heterocycles. The number of piperidine rings is 1. The molecular weight excluding hydrogens is 331 g/mol. The molecule has 0 radical (unpaired) electrons. The van der Waals surface area contributed by atoms with Gasteiger partial charge in [0.05, 0.1) is 18.1 Å². The van der Waals surface area contributed by atoms with Crippen LogP contribution in [-0.4, -0.2) is 62.7 Å². The van der Waals surface area contributed by atoms with E-state index in [2.05, 4.69) is 4.90 Å². The average Bonchev–Trinajstić information content (AvgIpc) is 2.55. The molecule has 0 amide bonds. The van der Waals surface area contributed by atoms with Crippen LogP contribution in [0.5, 0.6) is 0 Å². The minimum Gasteiger partial charge on any atom is -0.379 e. The van der Waals surface area contributed by atoms with Crippen molar-refractivity contribution in [3.63, 3.8) is 0 Å². The highest BCUT2D eigenvalue weighted by molar-refractivity contribution is 7.89. The molecule has 0 N–H and O–H groups in total. The summed E-state index contributed by atoms with van der Waals surface area (Å²) in [7, 11) is -3.45. The third-order valence-electron chi connectivity index (χ3n) is 4.66. The fraction of sp³-hybridized carbons (Fsp3) is 0.647. The van der Waals surface area contributed by atoms with Crippen molar-refractivity contribution >= 4 is 10.0 Å². The summed E-state index contributed by atoms with van der Waals surface area (Å²) in [4.78, 5) is 2.40. The van der Waals surface area contributed by atoms with Crippen LogP contribution in [0.25, 0.3) is 0 Å². The number of ether oxygens (including phenoxy) is 1. The van der Waals surface area contributed by atoms with Crippen molar-refractivity contribution in [3.8, 4) is 0 Å². The molecule has 1 aromatic carbocycles. The first-order valence-corrected chi connectivity index (χ1v) is 9.89. The van der Waals surface area contributed by atoms with Crippen LogP contribution in [-0.2, 0) is 21.3 Å². The van der Waals surface area contributed by atoms with Gasteiger partial charge in [-0.15, -0.1) is 0 Å². The zero-order valence-corrected chi connectivity index (χ0v) is 14.9. The van der Waals surface area contributed by atoms with Gasteiger partial charge < -0.3 is 4.74 Å². The lowest BCUT2D eigenvalue weighted by molar-refractivity contribution is 0.0563. The van der Waals surface area contributed by atoms with Gasteiger partial charge in [-0.1, -0.05) is 12.1 Å². The van der Waals surface area contributed by atoms with E-state index >= 15 is 0 Å². The number of halogens is 1. The van der Waals surface area contributed by atoms with Gasteiger partial charge >= 0.3 is 0 Å². The first kappa shape index (κ1) is 17.8. The highest BCUT2D eigenvalue weighted by Gasteiger charge is 2.30. The zero-order chi connectivity index (χ0) is 17.2. The Morgan fingerprint density at radius 2 is 1.83 bits per heavy atom. The lowest BCUT2D eigenvalue weighted by Crippen LogP contribution is -2.42. The van der Waals surface area contributed by atoms with E-state index in [4.69, 9.17) is 4.74 Å². The Morgan fingerprint density at radius 1 is 1.17 bits per heavy atom. The normalized spacial score (nSPS) is 27.2. The maximum absolute atomic E-state index is 14.1. The summed E-state index contributed by atoms with van der Waals surface area (Å²) in [6.45, 7) is 5.28. The highest BCUT2D eigenvalue weighted by atomic mass is 32.2. The first-order chi connectivity index (χ1) is 11.4. The molecule has 24 heavy (non-hydrogen) atoms. The van der Waals surface area contributed by atoms with Gasteiger partial charge in [0.15, 0.2) is 0 Å². The molecule has 2 heterocycles. The minimum atomic E-state index is -3.45. The molecule has 2 aliphatic heterocycles. The number of benzene rings is 1. The van der Waals surface area contributed by atoms with Gasteiger partial charge in [-0.2, -0.15) is 4.31 Å². The van der Waals surface area contributed by atoms with Crippen LogP contribution in [0.15, 0.2) is 29.2 Å². The molecule has 0 aliphatic carbocycles. The Balaban J connectivity index is 1.67. The van der Waals surface area contributed by atoms with Gasteiger partial charge in [0, 0.05) is 26.2 Å². The number of nitrogens with zero attached hydrogens (tertiary/aromatic N) is 2. The largest absolute Gasteiger partial charge is 0.379 e. The minimum absolute atomic E-state index is 0.308. The Hall–Kier alpha value is -1.02. The van der Waals surface area contributed by atoms with Gasteiger partial charge in [-0.3, -0.25) is 4.90 Å². The number of likely N-dealkylation sites (tertiary alicyclic amines) is 1. The van der Waals surface area contributed by atoms with Gasteiger partial charge in [-0.05, 0) is 44.0 Å². The number of alkyl halides is 1. The average molecular weight is 356 g/mol. The van der Waals surface area contributed by atoms with E-state index in [9.17, 15) is 12.8 Å². The second-order valence-electron chi connectivity index (χ2n) is 6.89. The summed E-state index contributed by atoms with van der Waals surface area (Å²) in [6.07, 6.45) is 1.47. The van der Waals surface area contributed by atoms with Crippen LogP contribution >= 0.6 is 0 Å². The molecule has 0 spiro atoms. The van der Waals surface area contributed by atoms with Crippen molar-refractivity contribution < 1.29 is 17.5 Å². The van der Waals surface area contributed by atoms with Crippen LogP contribution in [0.2, 0.25) is 0 Å². The molecule has 1 unspecified atom stereocenters. The standard InChI is InChI=1S/C17H25FN2O3S/c1-17(18)7-2-8-19(14-17)13-15-3-5-16(6-4-15)24(21,22)20-9-11-23-12-10-20/h3-6H,2,7-14H2,1H3. The summed E-state index contributed by atoms with van der Waals surface area (Å²) in [5.41, 5.74) is -0.119. The number of rotatable bonds is 4. The quantitative estimate of drug-likeness (QED) is 0.828. The number of hydrogen-bond acceptors (Lipinski definition) is 4. The predicted octanol–water partition coefficient (Wildman–Crippen LogP) is 2.03. The van der Waals surface area contributed by atoms with E-state index in [1.54, 1.807) is 19.1 Å². The van der Waals surface area contributed by atoms with Gasteiger partial charge in [0.1, 0.15) is 5.67 Å². The van der Waals surface area contributed by atoms with Crippen LogP contribution in [0.1, 0.15) is 25.3 Å². The molecule has 2 aliphatic rings. The number of morpholine rings is 1. The van der Waals surface area contributed by atoms with Crippen LogP contribution < -0.4 is 0 Å². The molecule has 134 valence electrons. The first-order valence-electron chi connectivity index (χ1n) is 8.45. The molecule has 0 bridgehead atoms. The lowest BCUT2D eigenvalue weighted by atomic mass is 9.96. The van der Waals surface area contributed by atoms with Gasteiger partial charge in [0.25, 0.3) is 0 Å². The topological polar surface area (TPSA) is 49.9 Å². The summed E-state index contributed by atoms with van der Waals surface area (Å²) in [5.74, 6) is 0. The maximum atomic E-state index is 14.1. The van der Waals surface area contributed by atoms with Crippen molar-refractivity contribution in [1.82, 2.24) is 9.21 Å². The van der Waals surface area contributed by atoms with E-state index in [0.29, 0.717) is 50.7 Å². The van der Waals surface area contributed by atoms with Crippen molar-refractivity contribution in [1.29, 1.82) is 0 Å². The molecule has 3 rings (SSSR count). The van der Waals surface area contributed by atoms with E-state index in [0.717, 1.165) is 18.5 Å². The molecule has 2 fully saturated rings. The third kappa shape index (κ3) is 4.14. The number of sulfonamides is 1. The smallest absolute Gasteiger partial charge is 0.243 e. The molecule has 5 nitrogen and oxygen atoms in total. The fourth-order valence-electron chi connectivity index (χ4n) is 3.39. The Morgan fingerprint density at radius 3 is 2.46 bits per heavy atom. The fourth-order valence-corrected chi connectivity index (χ4v) is 4.80. The van der Waals surface area contributed by atoms with Crippen LogP contribution in [0.4, 0.5) is 4.39 Å². The monoisotopic (exact) mass is 356 g/mol. The third-order valence-corrected chi connectivity index (χ3v) is 6.58. The Bertz CT molecular complexity index is 655. The highest BCUT2D eigenvalue weighted by Crippen LogP contribution is 2.26. The van der Waals surface area contributed by atoms with Crippen molar-refractivity contribution in [2.24, 2.45) is 0 Å². The van der Waals surface area contributed by atoms with Crippen molar-refractivity contribution in [2.75, 3.05) is 39.4 Å². The van der Waals surface area contributed by atoms with E-state index in [1.807, 2.05) is 12.1 Å². The molecular formula is C17H25FN2O3S. The van der Waals surface area contributed by atoms with E-state index in [-0.39, 0.29) is 0 Å². The predicted molar refractivity (Wildman–Crippen MR) is 90.0 cm³/mol. The molecule has 1 aromatic rings. The molecule has 7 heteroatoms. The summed E-state index contributed by atoms with van der Waals surface area (Å²) >= 11 is 0. The van der Waals surface area contributed by atoms with E-state index < -0.39 is 15.7 Å². The van der Waals surface area contributed by atoms with Crippen molar-refractivity contribution in [3.05, 3.63) is 29.8 Å². The van der Waals surface area contributed by atoms with Crippen molar-refractivity contribution in [2.45, 2.75) is 36.9 Å². The second kappa shape index (κ2) is 7.07. The molecule has 2 saturated heterocycles. The van der Waals surface area contributed by atoms with Gasteiger partial charge in [-0.25, -0.2) is 12.8 Å². The Labute approximate surface area is 143 Å². The van der Waals surface area contributed by atoms with Gasteiger partial charge in [0.2, 0.25) is 10.0 Å². The molecule has 0 saturated carbocycles. The lowest BCUT2D eigenvalue weighted by Gasteiger charge is -2.35. The second-order valence-corrected chi connectivity index (χ2v) is 8.83. The number of hydrogen-bond donors (Lipinski definition) is 0. The summed E-state index contributed by atoms with van der Waals surface area (Å²) in [6, 6.07) is 6.96. The van der Waals surface area contributed by atoms with E-state index in [1.165, 1.54) is 4.31 Å². The van der Waals surface area contributed by atoms with Crippen LogP contribution in [0.3, 0.4) is 0 Å². The zero-order valence-electron chi connectivity index (χ0n) is 14.1. The SMILES string of the molecule is CC1(F)CCCN(Cc2ccc(S(=O)(=O)N3CCOCC3)cc2)C1. The Kier molecular flexibility index (Phi) is 5.24.